The predicted octanol–water partition coefficient (Wildman–Crippen LogP) is 1.71. The molecule has 0 saturated carbocycles. The lowest BCUT2D eigenvalue weighted by Gasteiger charge is -2.28. The first-order valence-corrected chi connectivity index (χ1v) is 9.75. The molecule has 0 aliphatic carbocycles. The lowest BCUT2D eigenvalue weighted by atomic mass is 10.1. The van der Waals surface area contributed by atoms with Crippen LogP contribution in [-0.4, -0.2) is 43.4 Å². The van der Waals surface area contributed by atoms with E-state index in [-0.39, 0.29) is 11.8 Å². The lowest BCUT2D eigenvalue weighted by molar-refractivity contribution is -0.123. The molecule has 0 radical (unpaired) electrons. The number of carbonyl (C=O) groups excluding carboxylic acids is 3. The maximum Gasteiger partial charge on any atom is 0.253 e. The van der Waals surface area contributed by atoms with E-state index in [2.05, 4.69) is 16.0 Å². The van der Waals surface area contributed by atoms with Crippen LogP contribution >= 0.6 is 11.6 Å². The highest BCUT2D eigenvalue weighted by atomic mass is 35.5. The average molecular weight is 415 g/mol. The number of hydrogen-bond donors (Lipinski definition) is 3. The summed E-state index contributed by atoms with van der Waals surface area (Å²) >= 11 is 6.01. The Labute approximate surface area is 174 Å². The summed E-state index contributed by atoms with van der Waals surface area (Å²) in [5, 5.41) is 8.60. The van der Waals surface area contributed by atoms with Gasteiger partial charge in [-0.3, -0.25) is 14.4 Å². The molecule has 1 atom stereocenters. The lowest BCUT2D eigenvalue weighted by Crippen LogP contribution is -2.47. The first-order valence-electron chi connectivity index (χ1n) is 9.38. The van der Waals surface area contributed by atoms with Crippen molar-refractivity contribution in [1.82, 2.24) is 16.0 Å². The van der Waals surface area contributed by atoms with Gasteiger partial charge in [0.2, 0.25) is 11.8 Å². The second-order valence-corrected chi connectivity index (χ2v) is 7.24. The van der Waals surface area contributed by atoms with Crippen molar-refractivity contribution in [3.05, 3.63) is 64.7 Å². The molecule has 7 nitrogen and oxygen atoms in total. The fourth-order valence-corrected chi connectivity index (χ4v) is 3.23. The van der Waals surface area contributed by atoms with Crippen molar-refractivity contribution in [2.45, 2.75) is 19.5 Å². The minimum Gasteiger partial charge on any atom is -0.360 e. The second kappa shape index (κ2) is 9.43. The minimum atomic E-state index is -0.704. The van der Waals surface area contributed by atoms with Crippen LogP contribution in [0.2, 0.25) is 5.02 Å². The highest BCUT2D eigenvalue weighted by Crippen LogP contribution is 2.16. The number of carbonyl (C=O) groups is 3. The van der Waals surface area contributed by atoms with Crippen molar-refractivity contribution < 1.29 is 14.4 Å². The van der Waals surface area contributed by atoms with Crippen molar-refractivity contribution in [1.29, 1.82) is 0 Å². The molecule has 3 N–H and O–H groups in total. The van der Waals surface area contributed by atoms with E-state index >= 15 is 0 Å². The van der Waals surface area contributed by atoms with Gasteiger partial charge in [0.05, 0.1) is 17.1 Å². The van der Waals surface area contributed by atoms with E-state index in [1.165, 1.54) is 0 Å². The number of hydrogen-bond acceptors (Lipinski definition) is 4. The van der Waals surface area contributed by atoms with Crippen molar-refractivity contribution in [3.63, 3.8) is 0 Å². The van der Waals surface area contributed by atoms with Gasteiger partial charge in [-0.05, 0) is 36.8 Å². The van der Waals surface area contributed by atoms with Crippen LogP contribution < -0.4 is 20.9 Å². The van der Waals surface area contributed by atoms with Gasteiger partial charge in [0.15, 0.2) is 0 Å². The molecule has 1 heterocycles. The van der Waals surface area contributed by atoms with Crippen LogP contribution in [0.15, 0.2) is 48.5 Å². The van der Waals surface area contributed by atoms with E-state index in [1.807, 2.05) is 29.2 Å². The van der Waals surface area contributed by atoms with Gasteiger partial charge in [-0.15, -0.1) is 0 Å². The Bertz CT molecular complexity index is 901. The zero-order chi connectivity index (χ0) is 20.8. The molecule has 1 aliphatic rings. The van der Waals surface area contributed by atoms with E-state index in [0.717, 1.165) is 17.8 Å². The van der Waals surface area contributed by atoms with Gasteiger partial charge in [0, 0.05) is 25.3 Å². The molecule has 1 aliphatic heterocycles. The van der Waals surface area contributed by atoms with Crippen LogP contribution in [0, 0.1) is 0 Å². The van der Waals surface area contributed by atoms with Crippen molar-refractivity contribution in [2.75, 3.05) is 24.5 Å². The van der Waals surface area contributed by atoms with Crippen molar-refractivity contribution >= 4 is 35.0 Å². The molecule has 3 rings (SSSR count). The number of nitrogens with one attached hydrogen (secondary N) is 3. The van der Waals surface area contributed by atoms with E-state index in [4.69, 9.17) is 11.6 Å². The highest BCUT2D eigenvalue weighted by molar-refractivity contribution is 6.33. The third kappa shape index (κ3) is 5.48. The Kier molecular flexibility index (Phi) is 6.72. The van der Waals surface area contributed by atoms with E-state index in [9.17, 15) is 14.4 Å². The number of amides is 3. The monoisotopic (exact) mass is 414 g/mol. The minimum absolute atomic E-state index is 0.0143. The normalized spacial score (nSPS) is 14.7. The molecule has 2 aromatic carbocycles. The molecule has 1 fully saturated rings. The van der Waals surface area contributed by atoms with Gasteiger partial charge < -0.3 is 20.9 Å². The van der Waals surface area contributed by atoms with E-state index in [1.54, 1.807) is 31.2 Å². The maximum absolute atomic E-state index is 12.3. The molecule has 152 valence electrons. The number of nitrogens with zero attached hydrogens (tertiary/aromatic N) is 1. The SMILES string of the molecule is CC(NC(=O)c1ccccc1Cl)C(=O)NCc1ccc(N2CCNC(=O)C2)cc1. The van der Waals surface area contributed by atoms with Gasteiger partial charge in [0.1, 0.15) is 6.04 Å². The zero-order valence-corrected chi connectivity index (χ0v) is 16.8. The standard InChI is InChI=1S/C21H23ClN4O3/c1-14(25-21(29)17-4-2-3-5-18(17)22)20(28)24-12-15-6-8-16(9-7-15)26-11-10-23-19(27)13-26/h2-9,14H,10-13H2,1H3,(H,23,27)(H,24,28)(H,25,29). The Balaban J connectivity index is 1.50. The Morgan fingerprint density at radius 2 is 1.90 bits per heavy atom. The molecule has 0 aromatic heterocycles. The molecule has 3 amide bonds. The Morgan fingerprint density at radius 1 is 1.17 bits per heavy atom. The van der Waals surface area contributed by atoms with E-state index in [0.29, 0.717) is 30.2 Å². The summed E-state index contributed by atoms with van der Waals surface area (Å²) in [7, 11) is 0. The number of anilines is 1. The first-order chi connectivity index (χ1) is 13.9. The summed E-state index contributed by atoms with van der Waals surface area (Å²) in [6, 6.07) is 13.7. The molecule has 8 heteroatoms. The number of rotatable bonds is 6. The van der Waals surface area contributed by atoms with Crippen molar-refractivity contribution in [3.8, 4) is 0 Å². The first kappa shape index (κ1) is 20.7. The summed E-state index contributed by atoms with van der Waals surface area (Å²) in [6.07, 6.45) is 0. The molecule has 1 unspecified atom stereocenters. The molecular formula is C21H23ClN4O3. The number of benzene rings is 2. The van der Waals surface area contributed by atoms with Gasteiger partial charge >= 0.3 is 0 Å². The summed E-state index contributed by atoms with van der Waals surface area (Å²) in [5.74, 6) is -0.671. The van der Waals surface area contributed by atoms with Crippen LogP contribution in [0.1, 0.15) is 22.8 Å². The summed E-state index contributed by atoms with van der Waals surface area (Å²) in [4.78, 5) is 38.1. The average Bonchev–Trinajstić information content (AvgIpc) is 2.72. The molecule has 0 bridgehead atoms. The molecule has 1 saturated heterocycles. The van der Waals surface area contributed by atoms with E-state index < -0.39 is 11.9 Å². The largest absolute Gasteiger partial charge is 0.360 e. The van der Waals surface area contributed by atoms with Gasteiger partial charge in [0.25, 0.3) is 5.91 Å². The fourth-order valence-electron chi connectivity index (χ4n) is 3.01. The fraction of sp³-hybridized carbons (Fsp3) is 0.286. The topological polar surface area (TPSA) is 90.5 Å². The summed E-state index contributed by atoms with van der Waals surface area (Å²) in [6.45, 7) is 3.71. The van der Waals surface area contributed by atoms with Crippen LogP contribution in [0.25, 0.3) is 0 Å². The molecular weight excluding hydrogens is 392 g/mol. The van der Waals surface area contributed by atoms with Gasteiger partial charge in [-0.2, -0.15) is 0 Å². The Hall–Kier alpha value is -3.06. The number of piperazine rings is 1. The third-order valence-corrected chi connectivity index (χ3v) is 5.00. The maximum atomic E-state index is 12.3. The molecule has 0 spiro atoms. The smallest absolute Gasteiger partial charge is 0.253 e. The zero-order valence-electron chi connectivity index (χ0n) is 16.1. The van der Waals surface area contributed by atoms with Gasteiger partial charge in [-0.1, -0.05) is 35.9 Å². The second-order valence-electron chi connectivity index (χ2n) is 6.83. The van der Waals surface area contributed by atoms with Crippen LogP contribution in [0.5, 0.6) is 0 Å². The summed E-state index contributed by atoms with van der Waals surface area (Å²) < 4.78 is 0. The third-order valence-electron chi connectivity index (χ3n) is 4.67. The van der Waals surface area contributed by atoms with Crippen LogP contribution in [-0.2, 0) is 16.1 Å². The predicted molar refractivity (Wildman–Crippen MR) is 112 cm³/mol. The molecule has 2 aromatic rings. The van der Waals surface area contributed by atoms with Crippen molar-refractivity contribution in [2.24, 2.45) is 0 Å². The quantitative estimate of drug-likeness (QED) is 0.671. The number of halogens is 1. The summed E-state index contributed by atoms with van der Waals surface area (Å²) in [5.41, 5.74) is 2.22. The van der Waals surface area contributed by atoms with Crippen LogP contribution in [0.3, 0.4) is 0 Å². The highest BCUT2D eigenvalue weighted by Gasteiger charge is 2.18. The Morgan fingerprint density at radius 3 is 2.59 bits per heavy atom. The van der Waals surface area contributed by atoms with Gasteiger partial charge in [-0.25, -0.2) is 0 Å². The van der Waals surface area contributed by atoms with Crippen LogP contribution in [0.4, 0.5) is 5.69 Å². The molecule has 29 heavy (non-hydrogen) atoms.